The summed E-state index contributed by atoms with van der Waals surface area (Å²) in [6.45, 7) is 0. The van der Waals surface area contributed by atoms with Gasteiger partial charge < -0.3 is 0 Å². The van der Waals surface area contributed by atoms with Gasteiger partial charge >= 0.3 is 0 Å². The number of carbonyl (C=O) groups is 1. The topological polar surface area (TPSA) is 30.0 Å². The summed E-state index contributed by atoms with van der Waals surface area (Å²) in [6, 6.07) is 9.09. The number of ketones is 1. The van der Waals surface area contributed by atoms with E-state index in [9.17, 15) is 9.18 Å². The number of benzene rings is 1. The van der Waals surface area contributed by atoms with Gasteiger partial charge in [0, 0.05) is 11.8 Å². The minimum atomic E-state index is -0.288. The number of allylic oxidation sites excluding steroid dienone is 1. The maximum atomic E-state index is 12.7. The lowest BCUT2D eigenvalue weighted by molar-refractivity contribution is 0.103. The zero-order valence-corrected chi connectivity index (χ0v) is 10.6. The summed E-state index contributed by atoms with van der Waals surface area (Å²) in [5.41, 5.74) is 1.29. The van der Waals surface area contributed by atoms with Crippen LogP contribution in [0.15, 0.2) is 48.7 Å². The van der Waals surface area contributed by atoms with E-state index in [0.29, 0.717) is 5.56 Å². The van der Waals surface area contributed by atoms with Gasteiger partial charge in [-0.2, -0.15) is 0 Å². The van der Waals surface area contributed by atoms with Crippen LogP contribution in [0.2, 0.25) is 5.15 Å². The molecule has 95 valence electrons. The fourth-order valence-electron chi connectivity index (χ4n) is 1.47. The molecule has 4 heteroatoms. The standard InChI is InChI=1S/C15H10ClFNO/c16-15-10-12(8-9-18-15)14(19)3-1-2-11-4-6-13(17)7-5-11/h1-10H/b2-1+. The van der Waals surface area contributed by atoms with Crippen molar-refractivity contribution in [1.82, 2.24) is 4.98 Å². The zero-order valence-electron chi connectivity index (χ0n) is 9.88. The fourth-order valence-corrected chi connectivity index (χ4v) is 1.65. The van der Waals surface area contributed by atoms with Crippen LogP contribution in [-0.4, -0.2) is 10.8 Å². The number of nitrogens with zero attached hydrogens (tertiary/aromatic N) is 1. The van der Waals surface area contributed by atoms with Crippen LogP contribution < -0.4 is 0 Å². The van der Waals surface area contributed by atoms with Crippen molar-refractivity contribution in [2.24, 2.45) is 0 Å². The van der Waals surface area contributed by atoms with Gasteiger partial charge in [0.15, 0.2) is 5.78 Å². The normalized spacial score (nSPS) is 10.8. The van der Waals surface area contributed by atoms with Crippen LogP contribution in [0.4, 0.5) is 4.39 Å². The summed E-state index contributed by atoms with van der Waals surface area (Å²) in [5, 5.41) is 0.279. The molecule has 0 fully saturated rings. The molecule has 0 bridgehead atoms. The number of hydrogen-bond donors (Lipinski definition) is 0. The number of rotatable bonds is 4. The second-order valence-electron chi connectivity index (χ2n) is 3.81. The van der Waals surface area contributed by atoms with Crippen LogP contribution in [0.1, 0.15) is 15.9 Å². The van der Waals surface area contributed by atoms with E-state index in [2.05, 4.69) is 4.98 Å². The van der Waals surface area contributed by atoms with Gasteiger partial charge in [0.1, 0.15) is 11.0 Å². The van der Waals surface area contributed by atoms with Crippen molar-refractivity contribution >= 4 is 23.5 Å². The third-order valence-corrected chi connectivity index (χ3v) is 2.62. The Bertz CT molecular complexity index is 608. The first-order chi connectivity index (χ1) is 9.15. The molecule has 2 rings (SSSR count). The predicted molar refractivity (Wildman–Crippen MR) is 73.3 cm³/mol. The number of carbonyl (C=O) groups excluding carboxylic acids is 1. The lowest BCUT2D eigenvalue weighted by Crippen LogP contribution is -1.98. The predicted octanol–water partition coefficient (Wildman–Crippen LogP) is 3.97. The number of pyridine rings is 1. The average molecular weight is 275 g/mol. The number of hydrogen-bond acceptors (Lipinski definition) is 2. The van der Waals surface area contributed by atoms with E-state index in [1.165, 1.54) is 30.8 Å². The molecule has 0 spiro atoms. The molecule has 0 N–H and O–H groups in total. The lowest BCUT2D eigenvalue weighted by Gasteiger charge is -1.97. The Hall–Kier alpha value is -2.00. The quantitative estimate of drug-likeness (QED) is 0.624. The molecule has 0 unspecified atom stereocenters. The Kier molecular flexibility index (Phi) is 4.42. The fraction of sp³-hybridized carbons (Fsp3) is 0. The second kappa shape index (κ2) is 6.25. The highest BCUT2D eigenvalue weighted by atomic mass is 35.5. The van der Waals surface area contributed by atoms with Crippen molar-refractivity contribution in [2.45, 2.75) is 0 Å². The van der Waals surface area contributed by atoms with E-state index in [1.54, 1.807) is 30.4 Å². The third-order valence-electron chi connectivity index (χ3n) is 2.42. The van der Waals surface area contributed by atoms with Crippen molar-refractivity contribution in [3.63, 3.8) is 0 Å². The largest absolute Gasteiger partial charge is 0.293 e. The monoisotopic (exact) mass is 274 g/mol. The SMILES string of the molecule is O=C([CH]/C=C/c1ccc(F)cc1)c1ccnc(Cl)c1. The van der Waals surface area contributed by atoms with E-state index in [-0.39, 0.29) is 16.8 Å². The molecule has 2 aromatic rings. The van der Waals surface area contributed by atoms with Crippen molar-refractivity contribution in [2.75, 3.05) is 0 Å². The van der Waals surface area contributed by atoms with Gasteiger partial charge in [0.25, 0.3) is 0 Å². The Morgan fingerprint density at radius 1 is 1.21 bits per heavy atom. The van der Waals surface area contributed by atoms with Gasteiger partial charge in [0.2, 0.25) is 0 Å². The Balaban J connectivity index is 1.98. The highest BCUT2D eigenvalue weighted by Gasteiger charge is 2.04. The van der Waals surface area contributed by atoms with Gasteiger partial charge in [-0.15, -0.1) is 0 Å². The summed E-state index contributed by atoms with van der Waals surface area (Å²) in [7, 11) is 0. The average Bonchev–Trinajstić information content (AvgIpc) is 2.41. The maximum Gasteiger partial charge on any atom is 0.170 e. The van der Waals surface area contributed by atoms with Gasteiger partial charge in [-0.05, 0) is 29.8 Å². The molecule has 1 heterocycles. The van der Waals surface area contributed by atoms with Crippen LogP contribution in [0.25, 0.3) is 6.08 Å². The minimum Gasteiger partial charge on any atom is -0.293 e. The minimum absolute atomic E-state index is 0.164. The first kappa shape index (κ1) is 13.4. The van der Waals surface area contributed by atoms with Crippen LogP contribution in [0.3, 0.4) is 0 Å². The Labute approximate surface area is 115 Å². The molecule has 19 heavy (non-hydrogen) atoms. The second-order valence-corrected chi connectivity index (χ2v) is 4.20. The molecule has 0 saturated heterocycles. The highest BCUT2D eigenvalue weighted by molar-refractivity contribution is 6.29. The third kappa shape index (κ3) is 4.00. The molecular formula is C15H10ClFNO. The van der Waals surface area contributed by atoms with E-state index in [4.69, 9.17) is 11.6 Å². The first-order valence-corrected chi connectivity index (χ1v) is 5.96. The van der Waals surface area contributed by atoms with Crippen molar-refractivity contribution in [1.29, 1.82) is 0 Å². The van der Waals surface area contributed by atoms with Crippen LogP contribution in [-0.2, 0) is 0 Å². The highest BCUT2D eigenvalue weighted by Crippen LogP contribution is 2.10. The first-order valence-electron chi connectivity index (χ1n) is 5.58. The smallest absolute Gasteiger partial charge is 0.170 e. The van der Waals surface area contributed by atoms with E-state index >= 15 is 0 Å². The van der Waals surface area contributed by atoms with Crippen LogP contribution >= 0.6 is 11.6 Å². The molecule has 1 aromatic heterocycles. The summed E-state index contributed by atoms with van der Waals surface area (Å²) in [6.07, 6.45) is 6.24. The Morgan fingerprint density at radius 3 is 2.63 bits per heavy atom. The molecule has 0 saturated carbocycles. The molecule has 1 radical (unpaired) electrons. The summed E-state index contributed by atoms with van der Waals surface area (Å²) >= 11 is 5.70. The molecule has 0 amide bonds. The van der Waals surface area contributed by atoms with Crippen molar-refractivity contribution in [3.05, 3.63) is 77.2 Å². The van der Waals surface area contributed by atoms with Crippen molar-refractivity contribution < 1.29 is 9.18 Å². The number of Topliss-reactive ketones (excluding diaryl/α,β-unsaturated/α-hetero) is 1. The van der Waals surface area contributed by atoms with Gasteiger partial charge in [-0.25, -0.2) is 9.37 Å². The molecule has 0 atom stereocenters. The number of halogens is 2. The molecule has 0 aliphatic heterocycles. The van der Waals surface area contributed by atoms with E-state index in [0.717, 1.165) is 5.56 Å². The summed E-state index contributed by atoms with van der Waals surface area (Å²) in [4.78, 5) is 15.6. The van der Waals surface area contributed by atoms with Crippen molar-refractivity contribution in [3.8, 4) is 0 Å². The summed E-state index contributed by atoms with van der Waals surface area (Å²) in [5.74, 6) is -0.453. The lowest BCUT2D eigenvalue weighted by atomic mass is 10.1. The maximum absolute atomic E-state index is 12.7. The van der Waals surface area contributed by atoms with Gasteiger partial charge in [0.05, 0.1) is 6.42 Å². The van der Waals surface area contributed by atoms with E-state index in [1.807, 2.05) is 0 Å². The number of aromatic nitrogens is 1. The van der Waals surface area contributed by atoms with Gasteiger partial charge in [-0.3, -0.25) is 4.79 Å². The molecule has 1 aromatic carbocycles. The zero-order chi connectivity index (χ0) is 13.7. The van der Waals surface area contributed by atoms with E-state index < -0.39 is 0 Å². The summed E-state index contributed by atoms with van der Waals surface area (Å²) < 4.78 is 12.7. The molecule has 0 aliphatic carbocycles. The molecule has 2 nitrogen and oxygen atoms in total. The molecular weight excluding hydrogens is 265 g/mol. The van der Waals surface area contributed by atoms with Crippen LogP contribution in [0, 0.1) is 12.2 Å². The van der Waals surface area contributed by atoms with Crippen LogP contribution in [0.5, 0.6) is 0 Å². The molecule has 0 aliphatic rings. The Morgan fingerprint density at radius 2 is 1.95 bits per heavy atom. The van der Waals surface area contributed by atoms with Gasteiger partial charge in [-0.1, -0.05) is 35.9 Å².